The maximum Gasteiger partial charge on any atom is 0.317 e. The molecule has 1 aromatic carbocycles. The number of ether oxygens (including phenoxy) is 2. The Labute approximate surface area is 88.0 Å². The smallest absolute Gasteiger partial charge is 0.317 e. The summed E-state index contributed by atoms with van der Waals surface area (Å²) < 4.78 is 10.1. The van der Waals surface area contributed by atoms with Gasteiger partial charge in [-0.15, -0.1) is 0 Å². The molecule has 0 spiro atoms. The molecule has 3 nitrogen and oxygen atoms in total. The Morgan fingerprint density at radius 1 is 1.40 bits per heavy atom. The van der Waals surface area contributed by atoms with Crippen molar-refractivity contribution in [3.8, 4) is 5.75 Å². The van der Waals surface area contributed by atoms with E-state index >= 15 is 0 Å². The molecule has 3 heteroatoms. The van der Waals surface area contributed by atoms with E-state index in [0.717, 1.165) is 17.7 Å². The van der Waals surface area contributed by atoms with E-state index in [4.69, 9.17) is 9.47 Å². The van der Waals surface area contributed by atoms with E-state index in [1.807, 2.05) is 24.3 Å². The van der Waals surface area contributed by atoms with Gasteiger partial charge >= 0.3 is 5.97 Å². The van der Waals surface area contributed by atoms with Gasteiger partial charge in [-0.25, -0.2) is 0 Å². The molecule has 0 N–H and O–H groups in total. The summed E-state index contributed by atoms with van der Waals surface area (Å²) in [6, 6.07) is 7.72. The molecule has 0 radical (unpaired) electrons. The maximum atomic E-state index is 11.6. The molecule has 1 saturated heterocycles. The fraction of sp³-hybridized carbons (Fsp3) is 0.417. The molecule has 1 saturated carbocycles. The van der Waals surface area contributed by atoms with Crippen LogP contribution in [0.5, 0.6) is 5.75 Å². The lowest BCUT2D eigenvalue weighted by atomic mass is 9.95. The van der Waals surface area contributed by atoms with Gasteiger partial charge in [0.05, 0.1) is 19.1 Å². The van der Waals surface area contributed by atoms with Crippen molar-refractivity contribution in [2.45, 2.75) is 11.8 Å². The lowest BCUT2D eigenvalue weighted by Crippen LogP contribution is -2.18. The second kappa shape index (κ2) is 2.75. The first-order valence-electron chi connectivity index (χ1n) is 5.09. The number of methoxy groups -OCH3 is 1. The SMILES string of the molecule is COc1ccc([C@]23C[C@H]2COC3=O)cc1. The number of hydrogen-bond donors (Lipinski definition) is 0. The second-order valence-corrected chi connectivity index (χ2v) is 4.20. The van der Waals surface area contributed by atoms with Crippen LogP contribution in [-0.4, -0.2) is 19.7 Å². The van der Waals surface area contributed by atoms with Crippen LogP contribution >= 0.6 is 0 Å². The van der Waals surface area contributed by atoms with Gasteiger partial charge in [0.1, 0.15) is 5.75 Å². The molecule has 0 bridgehead atoms. The summed E-state index contributed by atoms with van der Waals surface area (Å²) in [4.78, 5) is 11.6. The van der Waals surface area contributed by atoms with Gasteiger partial charge in [0, 0.05) is 5.92 Å². The molecule has 0 aromatic heterocycles. The fourth-order valence-electron chi connectivity index (χ4n) is 2.45. The highest BCUT2D eigenvalue weighted by Crippen LogP contribution is 2.59. The van der Waals surface area contributed by atoms with Crippen LogP contribution in [0, 0.1) is 5.92 Å². The molecule has 2 atom stereocenters. The van der Waals surface area contributed by atoms with E-state index < -0.39 is 0 Å². The normalized spacial score (nSPS) is 32.1. The van der Waals surface area contributed by atoms with E-state index in [1.54, 1.807) is 7.11 Å². The molecule has 2 aliphatic rings. The van der Waals surface area contributed by atoms with Gasteiger partial charge in [-0.05, 0) is 24.1 Å². The van der Waals surface area contributed by atoms with Crippen molar-refractivity contribution in [1.29, 1.82) is 0 Å². The minimum atomic E-state index is -0.313. The number of rotatable bonds is 2. The van der Waals surface area contributed by atoms with Crippen molar-refractivity contribution >= 4 is 5.97 Å². The Bertz CT molecular complexity index is 409. The molecule has 15 heavy (non-hydrogen) atoms. The Balaban J connectivity index is 1.97. The van der Waals surface area contributed by atoms with Crippen LogP contribution in [0.25, 0.3) is 0 Å². The van der Waals surface area contributed by atoms with Gasteiger partial charge < -0.3 is 9.47 Å². The summed E-state index contributed by atoms with van der Waals surface area (Å²) in [7, 11) is 1.64. The van der Waals surface area contributed by atoms with E-state index in [-0.39, 0.29) is 11.4 Å². The monoisotopic (exact) mass is 204 g/mol. The minimum Gasteiger partial charge on any atom is -0.497 e. The molecule has 0 unspecified atom stereocenters. The summed E-state index contributed by atoms with van der Waals surface area (Å²) in [6.07, 6.45) is 0.943. The van der Waals surface area contributed by atoms with Crippen molar-refractivity contribution in [2.75, 3.05) is 13.7 Å². The van der Waals surface area contributed by atoms with Crippen LogP contribution < -0.4 is 4.74 Å². The van der Waals surface area contributed by atoms with Crippen LogP contribution in [0.1, 0.15) is 12.0 Å². The molecule has 3 rings (SSSR count). The third-order valence-corrected chi connectivity index (χ3v) is 3.49. The first kappa shape index (κ1) is 8.77. The number of hydrogen-bond acceptors (Lipinski definition) is 3. The van der Waals surface area contributed by atoms with Crippen LogP contribution in [0.15, 0.2) is 24.3 Å². The van der Waals surface area contributed by atoms with Gasteiger partial charge in [0.25, 0.3) is 0 Å². The molecule has 1 aliphatic carbocycles. The number of fused-ring (bicyclic) bond motifs is 1. The third-order valence-electron chi connectivity index (χ3n) is 3.49. The first-order valence-corrected chi connectivity index (χ1v) is 5.09. The second-order valence-electron chi connectivity index (χ2n) is 4.20. The zero-order chi connectivity index (χ0) is 10.5. The number of benzene rings is 1. The maximum absolute atomic E-state index is 11.6. The average molecular weight is 204 g/mol. The first-order chi connectivity index (χ1) is 7.27. The fourth-order valence-corrected chi connectivity index (χ4v) is 2.45. The number of cyclic esters (lactones) is 1. The van der Waals surface area contributed by atoms with Gasteiger partial charge in [0.2, 0.25) is 0 Å². The number of esters is 1. The van der Waals surface area contributed by atoms with E-state index in [0.29, 0.717) is 12.5 Å². The van der Waals surface area contributed by atoms with Crippen molar-refractivity contribution in [1.82, 2.24) is 0 Å². The molecule has 78 valence electrons. The number of carbonyl (C=O) groups excluding carboxylic acids is 1. The number of carbonyl (C=O) groups is 1. The Morgan fingerprint density at radius 3 is 2.60 bits per heavy atom. The molecule has 1 aromatic rings. The summed E-state index contributed by atoms with van der Waals surface area (Å²) in [6.45, 7) is 0.588. The highest BCUT2D eigenvalue weighted by atomic mass is 16.5. The third kappa shape index (κ3) is 1.03. The highest BCUT2D eigenvalue weighted by molar-refractivity contribution is 5.89. The molecular weight excluding hydrogens is 192 g/mol. The van der Waals surface area contributed by atoms with E-state index in [9.17, 15) is 4.79 Å². The average Bonchev–Trinajstić information content (AvgIpc) is 2.94. The quantitative estimate of drug-likeness (QED) is 0.685. The zero-order valence-electron chi connectivity index (χ0n) is 8.53. The largest absolute Gasteiger partial charge is 0.497 e. The van der Waals surface area contributed by atoms with Crippen LogP contribution in [-0.2, 0) is 14.9 Å². The van der Waals surface area contributed by atoms with Gasteiger partial charge in [0.15, 0.2) is 0 Å². The van der Waals surface area contributed by atoms with E-state index in [1.165, 1.54) is 0 Å². The molecule has 1 aliphatic heterocycles. The van der Waals surface area contributed by atoms with E-state index in [2.05, 4.69) is 0 Å². The molecule has 2 fully saturated rings. The molecule has 0 amide bonds. The minimum absolute atomic E-state index is 0.0577. The predicted molar refractivity (Wildman–Crippen MR) is 53.7 cm³/mol. The summed E-state index contributed by atoms with van der Waals surface area (Å²) >= 11 is 0. The molecular formula is C12H12O3. The van der Waals surface area contributed by atoms with Crippen LogP contribution in [0.4, 0.5) is 0 Å². The summed E-state index contributed by atoms with van der Waals surface area (Å²) in [5.41, 5.74) is 0.752. The Hall–Kier alpha value is -1.51. The van der Waals surface area contributed by atoms with Crippen molar-refractivity contribution in [2.24, 2.45) is 5.92 Å². The zero-order valence-corrected chi connectivity index (χ0v) is 8.53. The highest BCUT2D eigenvalue weighted by Gasteiger charge is 2.66. The van der Waals surface area contributed by atoms with Crippen molar-refractivity contribution in [3.63, 3.8) is 0 Å². The molecule has 1 heterocycles. The standard InChI is InChI=1S/C12H12O3/c1-14-10-4-2-8(3-5-10)12-6-9(12)7-15-11(12)13/h2-5,9H,6-7H2,1H3/t9-,12+/m0/s1. The van der Waals surface area contributed by atoms with Crippen LogP contribution in [0.2, 0.25) is 0 Å². The summed E-state index contributed by atoms with van der Waals surface area (Å²) in [5.74, 6) is 1.16. The Kier molecular flexibility index (Phi) is 1.61. The van der Waals surface area contributed by atoms with Gasteiger partial charge in [-0.1, -0.05) is 12.1 Å². The van der Waals surface area contributed by atoms with Crippen molar-refractivity contribution < 1.29 is 14.3 Å². The predicted octanol–water partition coefficient (Wildman–Crippen LogP) is 1.51. The Morgan fingerprint density at radius 2 is 2.13 bits per heavy atom. The van der Waals surface area contributed by atoms with Crippen LogP contribution in [0.3, 0.4) is 0 Å². The summed E-state index contributed by atoms with van der Waals surface area (Å²) in [5, 5.41) is 0. The lowest BCUT2D eigenvalue weighted by molar-refractivity contribution is -0.142. The van der Waals surface area contributed by atoms with Gasteiger partial charge in [-0.2, -0.15) is 0 Å². The van der Waals surface area contributed by atoms with Gasteiger partial charge in [-0.3, -0.25) is 4.79 Å². The van der Waals surface area contributed by atoms with Crippen molar-refractivity contribution in [3.05, 3.63) is 29.8 Å². The lowest BCUT2D eigenvalue weighted by Gasteiger charge is -2.09. The topological polar surface area (TPSA) is 35.5 Å².